The van der Waals surface area contributed by atoms with Crippen molar-refractivity contribution < 1.29 is 14.4 Å². The van der Waals surface area contributed by atoms with E-state index in [1.165, 1.54) is 6.07 Å². The molecule has 0 fully saturated rings. The summed E-state index contributed by atoms with van der Waals surface area (Å²) in [5.41, 5.74) is 2.54. The minimum Gasteiger partial charge on any atom is -0.467 e. The molecule has 2 aromatic carbocycles. The van der Waals surface area contributed by atoms with Gasteiger partial charge in [0.25, 0.3) is 5.69 Å². The number of thiazole rings is 1. The maximum absolute atomic E-state index is 11.1. The molecule has 0 spiro atoms. The van der Waals surface area contributed by atoms with Crippen LogP contribution in [0.2, 0.25) is 0 Å². The van der Waals surface area contributed by atoms with Crippen molar-refractivity contribution in [1.82, 2.24) is 4.98 Å². The number of hydrogen-bond acceptors (Lipinski definition) is 7. The number of nitrogens with zero attached hydrogens (tertiary/aromatic N) is 2. The predicted molar refractivity (Wildman–Crippen MR) is 92.6 cm³/mol. The second-order valence-corrected chi connectivity index (χ2v) is 7.45. The van der Waals surface area contributed by atoms with Gasteiger partial charge in [-0.2, -0.15) is 0 Å². The van der Waals surface area contributed by atoms with Crippen LogP contribution < -0.4 is 4.74 Å². The SMILES string of the molecule is O=[N+]([O-])c1cc2c(c(CSc3nc4ccccc4s3)c1)OCOC2. The first-order valence-electron chi connectivity index (χ1n) is 7.20. The highest BCUT2D eigenvalue weighted by atomic mass is 32.2. The van der Waals surface area contributed by atoms with E-state index in [1.54, 1.807) is 29.2 Å². The summed E-state index contributed by atoms with van der Waals surface area (Å²) in [5.74, 6) is 1.25. The largest absolute Gasteiger partial charge is 0.467 e. The van der Waals surface area contributed by atoms with Gasteiger partial charge in [-0.1, -0.05) is 23.9 Å². The van der Waals surface area contributed by atoms with Crippen LogP contribution in [0.15, 0.2) is 40.7 Å². The van der Waals surface area contributed by atoms with Crippen molar-refractivity contribution in [1.29, 1.82) is 0 Å². The third kappa shape index (κ3) is 2.95. The molecule has 8 heteroatoms. The van der Waals surface area contributed by atoms with E-state index >= 15 is 0 Å². The van der Waals surface area contributed by atoms with Crippen molar-refractivity contribution in [3.63, 3.8) is 0 Å². The number of benzene rings is 2. The number of fused-ring (bicyclic) bond motifs is 2. The third-order valence-electron chi connectivity index (χ3n) is 3.61. The van der Waals surface area contributed by atoms with Gasteiger partial charge in [-0.3, -0.25) is 10.1 Å². The molecule has 1 aliphatic heterocycles. The molecular formula is C16H12N2O4S2. The number of para-hydroxylation sites is 1. The minimum atomic E-state index is -0.388. The van der Waals surface area contributed by atoms with E-state index in [-0.39, 0.29) is 17.4 Å². The smallest absolute Gasteiger partial charge is 0.270 e. The summed E-state index contributed by atoms with van der Waals surface area (Å²) < 4.78 is 12.9. The van der Waals surface area contributed by atoms with Crippen LogP contribution in [-0.2, 0) is 17.1 Å². The van der Waals surface area contributed by atoms with Crippen LogP contribution in [0.5, 0.6) is 5.75 Å². The van der Waals surface area contributed by atoms with E-state index in [4.69, 9.17) is 9.47 Å². The summed E-state index contributed by atoms with van der Waals surface area (Å²) in [6.45, 7) is 0.499. The standard InChI is InChI=1S/C16H12N2O4S2/c19-18(20)12-5-10-7-21-9-22-15(10)11(6-12)8-23-16-17-13-3-1-2-4-14(13)24-16/h1-6H,7-9H2. The summed E-state index contributed by atoms with van der Waals surface area (Å²) in [6, 6.07) is 11.0. The van der Waals surface area contributed by atoms with E-state index in [0.717, 1.165) is 25.7 Å². The first kappa shape index (κ1) is 15.4. The second kappa shape index (κ2) is 6.39. The van der Waals surface area contributed by atoms with E-state index in [9.17, 15) is 10.1 Å². The second-order valence-electron chi connectivity index (χ2n) is 5.20. The zero-order valence-corrected chi connectivity index (χ0v) is 14.1. The molecular weight excluding hydrogens is 348 g/mol. The molecule has 122 valence electrons. The van der Waals surface area contributed by atoms with Crippen LogP contribution >= 0.6 is 23.1 Å². The molecule has 0 atom stereocenters. The van der Waals surface area contributed by atoms with Crippen molar-refractivity contribution in [2.24, 2.45) is 0 Å². The molecule has 0 bridgehead atoms. The van der Waals surface area contributed by atoms with Crippen molar-refractivity contribution in [2.45, 2.75) is 16.7 Å². The molecule has 0 saturated carbocycles. The number of aromatic nitrogens is 1. The fraction of sp³-hybridized carbons (Fsp3) is 0.188. The molecule has 0 radical (unpaired) electrons. The average Bonchev–Trinajstić information content (AvgIpc) is 3.02. The minimum absolute atomic E-state index is 0.0581. The van der Waals surface area contributed by atoms with Crippen molar-refractivity contribution >= 4 is 39.0 Å². The molecule has 0 unspecified atom stereocenters. The van der Waals surface area contributed by atoms with Gasteiger partial charge in [0.1, 0.15) is 5.75 Å². The van der Waals surface area contributed by atoms with E-state index in [1.807, 2.05) is 24.3 Å². The first-order valence-corrected chi connectivity index (χ1v) is 9.00. The Morgan fingerprint density at radius 1 is 1.33 bits per heavy atom. The van der Waals surface area contributed by atoms with Crippen LogP contribution in [0.25, 0.3) is 10.2 Å². The Kier molecular flexibility index (Phi) is 4.09. The molecule has 0 saturated heterocycles. The maximum atomic E-state index is 11.1. The van der Waals surface area contributed by atoms with Crippen molar-refractivity contribution in [2.75, 3.05) is 6.79 Å². The van der Waals surface area contributed by atoms with Crippen LogP contribution in [0, 0.1) is 10.1 Å². The molecule has 0 amide bonds. The van der Waals surface area contributed by atoms with Gasteiger partial charge in [-0.25, -0.2) is 4.98 Å². The quantitative estimate of drug-likeness (QED) is 0.391. The number of rotatable bonds is 4. The topological polar surface area (TPSA) is 74.5 Å². The number of nitro benzene ring substituents is 1. The zero-order chi connectivity index (χ0) is 16.5. The Bertz CT molecular complexity index is 893. The molecule has 24 heavy (non-hydrogen) atoms. The molecule has 4 rings (SSSR count). The van der Waals surface area contributed by atoms with Crippen LogP contribution in [-0.4, -0.2) is 16.7 Å². The lowest BCUT2D eigenvalue weighted by Gasteiger charge is -2.20. The Hall–Kier alpha value is -2.16. The fourth-order valence-corrected chi connectivity index (χ4v) is 4.58. The first-order chi connectivity index (χ1) is 11.7. The van der Waals surface area contributed by atoms with Gasteiger partial charge in [0.15, 0.2) is 11.1 Å². The molecule has 3 aromatic rings. The van der Waals surface area contributed by atoms with Gasteiger partial charge in [-0.15, -0.1) is 11.3 Å². The summed E-state index contributed by atoms with van der Waals surface area (Å²) >= 11 is 3.17. The predicted octanol–water partition coefficient (Wildman–Crippen LogP) is 4.36. The van der Waals surface area contributed by atoms with Crippen LogP contribution in [0.3, 0.4) is 0 Å². The highest BCUT2D eigenvalue weighted by Gasteiger charge is 2.21. The van der Waals surface area contributed by atoms with Crippen LogP contribution in [0.1, 0.15) is 11.1 Å². The number of thioether (sulfide) groups is 1. The third-order valence-corrected chi connectivity index (χ3v) is 5.84. The highest BCUT2D eigenvalue weighted by molar-refractivity contribution is 8.00. The number of non-ortho nitro benzene ring substituents is 1. The Labute approximate surface area is 145 Å². The molecule has 2 heterocycles. The van der Waals surface area contributed by atoms with Crippen molar-refractivity contribution in [3.8, 4) is 5.75 Å². The monoisotopic (exact) mass is 360 g/mol. The summed E-state index contributed by atoms with van der Waals surface area (Å²) in [7, 11) is 0. The number of ether oxygens (including phenoxy) is 2. The lowest BCUT2D eigenvalue weighted by atomic mass is 10.1. The van der Waals surface area contributed by atoms with Gasteiger partial charge >= 0.3 is 0 Å². The molecule has 0 N–H and O–H groups in total. The number of hydrogen-bond donors (Lipinski definition) is 0. The van der Waals surface area contributed by atoms with Gasteiger partial charge in [-0.05, 0) is 12.1 Å². The molecule has 0 aliphatic carbocycles. The molecule has 1 aliphatic rings. The van der Waals surface area contributed by atoms with Gasteiger partial charge in [0, 0.05) is 29.0 Å². The van der Waals surface area contributed by atoms with Gasteiger partial charge < -0.3 is 9.47 Å². The molecule has 6 nitrogen and oxygen atoms in total. The highest BCUT2D eigenvalue weighted by Crippen LogP contribution is 2.38. The summed E-state index contributed by atoms with van der Waals surface area (Å²) in [4.78, 5) is 15.3. The summed E-state index contributed by atoms with van der Waals surface area (Å²) in [5, 5.41) is 11.1. The zero-order valence-electron chi connectivity index (χ0n) is 12.4. The summed E-state index contributed by atoms with van der Waals surface area (Å²) in [6.07, 6.45) is 0. The Balaban J connectivity index is 1.63. The number of nitro groups is 1. The Morgan fingerprint density at radius 3 is 3.04 bits per heavy atom. The van der Waals surface area contributed by atoms with Crippen LogP contribution in [0.4, 0.5) is 5.69 Å². The fourth-order valence-electron chi connectivity index (χ4n) is 2.55. The molecule has 1 aromatic heterocycles. The van der Waals surface area contributed by atoms with Gasteiger partial charge in [0.2, 0.25) is 0 Å². The van der Waals surface area contributed by atoms with E-state index in [0.29, 0.717) is 18.1 Å². The van der Waals surface area contributed by atoms with E-state index in [2.05, 4.69) is 4.98 Å². The normalized spacial score (nSPS) is 13.5. The lowest BCUT2D eigenvalue weighted by Crippen LogP contribution is -2.13. The van der Waals surface area contributed by atoms with Crippen molar-refractivity contribution in [3.05, 3.63) is 57.6 Å². The van der Waals surface area contributed by atoms with E-state index < -0.39 is 0 Å². The maximum Gasteiger partial charge on any atom is 0.270 e. The van der Waals surface area contributed by atoms with Gasteiger partial charge in [0.05, 0.1) is 21.7 Å². The average molecular weight is 360 g/mol. The lowest BCUT2D eigenvalue weighted by molar-refractivity contribution is -0.385. The Morgan fingerprint density at radius 2 is 2.21 bits per heavy atom.